The molecule has 9 heteroatoms. The van der Waals surface area contributed by atoms with Crippen molar-refractivity contribution in [1.29, 1.82) is 0 Å². The van der Waals surface area contributed by atoms with Crippen molar-refractivity contribution >= 4 is 33.2 Å². The molecular weight excluding hydrogens is 302 g/mol. The molecule has 0 aliphatic carbocycles. The average Bonchev–Trinajstić information content (AvgIpc) is 2.38. The third-order valence-corrected chi connectivity index (χ3v) is 6.04. The zero-order chi connectivity index (χ0) is 14.9. The first kappa shape index (κ1) is 15.1. The maximum absolute atomic E-state index is 12.5. The zero-order valence-corrected chi connectivity index (χ0v) is 12.5. The Hall–Kier alpha value is -1.32. The number of nitrogens with zero attached hydrogens (tertiary/aromatic N) is 2. The van der Waals surface area contributed by atoms with Gasteiger partial charge < -0.3 is 5.73 Å². The van der Waals surface area contributed by atoms with Crippen LogP contribution in [-0.2, 0) is 10.0 Å². The van der Waals surface area contributed by atoms with Gasteiger partial charge in [0.05, 0.1) is 9.82 Å². The Bertz CT molecular complexity index is 633. The summed E-state index contributed by atoms with van der Waals surface area (Å²) in [7, 11) is -3.71. The molecule has 1 aliphatic heterocycles. The van der Waals surface area contributed by atoms with Crippen LogP contribution in [0.3, 0.4) is 0 Å². The van der Waals surface area contributed by atoms with E-state index in [9.17, 15) is 18.5 Å². The van der Waals surface area contributed by atoms with Gasteiger partial charge in [-0.2, -0.15) is 16.1 Å². The van der Waals surface area contributed by atoms with Gasteiger partial charge in [0.25, 0.3) is 5.69 Å². The van der Waals surface area contributed by atoms with Crippen LogP contribution in [0.25, 0.3) is 0 Å². The molecule has 1 atom stereocenters. The van der Waals surface area contributed by atoms with E-state index in [0.717, 1.165) is 11.8 Å². The third kappa shape index (κ3) is 2.89. The number of anilines is 1. The zero-order valence-electron chi connectivity index (χ0n) is 10.9. The van der Waals surface area contributed by atoms with Gasteiger partial charge in [0.15, 0.2) is 0 Å². The van der Waals surface area contributed by atoms with Crippen molar-refractivity contribution in [2.45, 2.75) is 17.1 Å². The molecule has 1 fully saturated rings. The molecule has 2 N–H and O–H groups in total. The van der Waals surface area contributed by atoms with Crippen LogP contribution in [0.15, 0.2) is 23.1 Å². The fourth-order valence-electron chi connectivity index (χ4n) is 2.00. The molecule has 2 rings (SSSR count). The van der Waals surface area contributed by atoms with E-state index in [1.54, 1.807) is 11.8 Å². The van der Waals surface area contributed by atoms with Crippen LogP contribution in [0.1, 0.15) is 6.92 Å². The molecule has 0 bridgehead atoms. The SMILES string of the molecule is CC1CN(S(=O)(=O)c2ccc(N)c([N+](=O)[O-])c2)CCS1. The second-order valence-corrected chi connectivity index (χ2v) is 8.01. The van der Waals surface area contributed by atoms with E-state index in [2.05, 4.69) is 0 Å². The molecule has 1 aromatic carbocycles. The lowest BCUT2D eigenvalue weighted by Crippen LogP contribution is -2.40. The van der Waals surface area contributed by atoms with Crippen LogP contribution < -0.4 is 5.73 Å². The maximum atomic E-state index is 12.5. The van der Waals surface area contributed by atoms with Crippen molar-refractivity contribution in [3.05, 3.63) is 28.3 Å². The summed E-state index contributed by atoms with van der Waals surface area (Å²) in [5.41, 5.74) is 5.05. The molecule has 1 aromatic rings. The quantitative estimate of drug-likeness (QED) is 0.511. The van der Waals surface area contributed by atoms with Crippen molar-refractivity contribution in [3.8, 4) is 0 Å². The van der Waals surface area contributed by atoms with Gasteiger partial charge in [-0.05, 0) is 12.1 Å². The number of nitro benzene ring substituents is 1. The van der Waals surface area contributed by atoms with Crippen molar-refractivity contribution in [2.75, 3.05) is 24.6 Å². The van der Waals surface area contributed by atoms with Crippen LogP contribution in [0.5, 0.6) is 0 Å². The summed E-state index contributed by atoms with van der Waals surface area (Å²) in [6.45, 7) is 2.78. The minimum atomic E-state index is -3.71. The van der Waals surface area contributed by atoms with Gasteiger partial charge >= 0.3 is 0 Å². The first-order chi connectivity index (χ1) is 9.32. The third-order valence-electron chi connectivity index (χ3n) is 3.04. The first-order valence-corrected chi connectivity index (χ1v) is 8.47. The number of hydrogen-bond donors (Lipinski definition) is 1. The van der Waals surface area contributed by atoms with E-state index in [1.807, 2.05) is 6.92 Å². The summed E-state index contributed by atoms with van der Waals surface area (Å²) in [6, 6.07) is 3.59. The Balaban J connectivity index is 2.39. The second-order valence-electron chi connectivity index (χ2n) is 4.52. The van der Waals surface area contributed by atoms with Gasteiger partial charge in [-0.3, -0.25) is 10.1 Å². The van der Waals surface area contributed by atoms with Crippen LogP contribution >= 0.6 is 11.8 Å². The smallest absolute Gasteiger partial charge is 0.293 e. The topological polar surface area (TPSA) is 107 Å². The highest BCUT2D eigenvalue weighted by atomic mass is 32.2. The molecule has 1 saturated heterocycles. The minimum Gasteiger partial charge on any atom is -0.393 e. The number of hydrogen-bond acceptors (Lipinski definition) is 6. The van der Waals surface area contributed by atoms with Crippen LogP contribution in [-0.4, -0.2) is 41.7 Å². The molecule has 110 valence electrons. The summed E-state index contributed by atoms with van der Waals surface area (Å²) in [5.74, 6) is 0.720. The highest BCUT2D eigenvalue weighted by Crippen LogP contribution is 2.29. The average molecular weight is 317 g/mol. The number of nitro groups is 1. The standard InChI is InChI=1S/C11H15N3O4S2/c1-8-7-13(4-5-19-8)20(17,18)9-2-3-10(12)11(6-9)14(15)16/h2-3,6,8H,4-5,7,12H2,1H3. The van der Waals surface area contributed by atoms with Crippen molar-refractivity contribution in [2.24, 2.45) is 0 Å². The molecule has 0 amide bonds. The highest BCUT2D eigenvalue weighted by Gasteiger charge is 2.30. The summed E-state index contributed by atoms with van der Waals surface area (Å²) in [5, 5.41) is 11.1. The number of nitrogen functional groups attached to an aromatic ring is 1. The van der Waals surface area contributed by atoms with E-state index < -0.39 is 14.9 Å². The van der Waals surface area contributed by atoms with Gasteiger partial charge in [-0.25, -0.2) is 8.42 Å². The van der Waals surface area contributed by atoms with Crippen LogP contribution in [0.4, 0.5) is 11.4 Å². The van der Waals surface area contributed by atoms with Crippen molar-refractivity contribution in [3.63, 3.8) is 0 Å². The number of benzene rings is 1. The van der Waals surface area contributed by atoms with Crippen LogP contribution in [0.2, 0.25) is 0 Å². The van der Waals surface area contributed by atoms with Gasteiger partial charge in [0, 0.05) is 30.2 Å². The molecule has 1 aliphatic rings. The lowest BCUT2D eigenvalue weighted by atomic mass is 10.3. The lowest BCUT2D eigenvalue weighted by Gasteiger charge is -2.29. The van der Waals surface area contributed by atoms with E-state index in [1.165, 1.54) is 16.4 Å². The van der Waals surface area contributed by atoms with E-state index in [0.29, 0.717) is 13.1 Å². The Kier molecular flexibility index (Phi) is 4.21. The molecule has 7 nitrogen and oxygen atoms in total. The second kappa shape index (κ2) is 5.58. The first-order valence-electron chi connectivity index (χ1n) is 5.98. The number of nitrogens with two attached hydrogens (primary N) is 1. The lowest BCUT2D eigenvalue weighted by molar-refractivity contribution is -0.384. The Morgan fingerprint density at radius 1 is 1.50 bits per heavy atom. The normalized spacial score (nSPS) is 20.8. The summed E-state index contributed by atoms with van der Waals surface area (Å²) in [4.78, 5) is 10.1. The Labute approximate surface area is 121 Å². The predicted molar refractivity (Wildman–Crippen MR) is 78.2 cm³/mol. The largest absolute Gasteiger partial charge is 0.393 e. The van der Waals surface area contributed by atoms with Crippen LogP contribution in [0, 0.1) is 10.1 Å². The summed E-state index contributed by atoms with van der Waals surface area (Å²) in [6.07, 6.45) is 0. The molecule has 0 saturated carbocycles. The van der Waals surface area contributed by atoms with Gasteiger partial charge in [0.2, 0.25) is 10.0 Å². The number of sulfonamides is 1. The fraction of sp³-hybridized carbons (Fsp3) is 0.455. The molecule has 1 unspecified atom stereocenters. The van der Waals surface area contributed by atoms with Crippen molar-refractivity contribution in [1.82, 2.24) is 4.31 Å². The number of thioether (sulfide) groups is 1. The summed E-state index contributed by atoms with van der Waals surface area (Å²) >= 11 is 1.71. The Morgan fingerprint density at radius 3 is 2.80 bits per heavy atom. The molecular formula is C11H15N3O4S2. The number of rotatable bonds is 3. The molecule has 0 aromatic heterocycles. The minimum absolute atomic E-state index is 0.0449. The molecule has 20 heavy (non-hydrogen) atoms. The van der Waals surface area contributed by atoms with E-state index >= 15 is 0 Å². The highest BCUT2D eigenvalue weighted by molar-refractivity contribution is 8.00. The van der Waals surface area contributed by atoms with Gasteiger partial charge in [0.1, 0.15) is 5.69 Å². The Morgan fingerprint density at radius 2 is 2.20 bits per heavy atom. The van der Waals surface area contributed by atoms with Gasteiger partial charge in [-0.15, -0.1) is 0 Å². The maximum Gasteiger partial charge on any atom is 0.293 e. The van der Waals surface area contributed by atoms with Gasteiger partial charge in [-0.1, -0.05) is 6.92 Å². The van der Waals surface area contributed by atoms with Crippen molar-refractivity contribution < 1.29 is 13.3 Å². The van der Waals surface area contributed by atoms with E-state index in [-0.39, 0.29) is 21.5 Å². The van der Waals surface area contributed by atoms with E-state index in [4.69, 9.17) is 5.73 Å². The monoisotopic (exact) mass is 317 g/mol. The summed E-state index contributed by atoms with van der Waals surface area (Å²) < 4.78 is 26.3. The molecule has 0 spiro atoms. The molecule has 0 radical (unpaired) electrons. The molecule has 1 heterocycles. The fourth-order valence-corrected chi connectivity index (χ4v) is 4.77. The predicted octanol–water partition coefficient (Wildman–Crippen LogP) is 1.30.